The standard InChI is InChI=1S/C28H35N5O3/c1-19-10-11-21(16-35-4)12-22(19)15-29-27(34)30-25-20(2)26(31-33(25)23-8-6-5-7-9-23)36-24-13-28(14-24)17-32(3)18-28/h5-12,24H,13-18H2,1-4H3,(H2,29,30,34). The highest BCUT2D eigenvalue weighted by Crippen LogP contribution is 2.49. The number of likely N-dealkylation sites (tertiary alicyclic amines) is 1. The van der Waals surface area contributed by atoms with Gasteiger partial charge in [0.2, 0.25) is 5.88 Å². The van der Waals surface area contributed by atoms with E-state index in [2.05, 4.69) is 28.6 Å². The number of amides is 2. The van der Waals surface area contributed by atoms with Crippen LogP contribution in [0.2, 0.25) is 0 Å². The predicted molar refractivity (Wildman–Crippen MR) is 140 cm³/mol. The van der Waals surface area contributed by atoms with Crippen LogP contribution in [0, 0.1) is 19.3 Å². The molecule has 8 nitrogen and oxygen atoms in total. The van der Waals surface area contributed by atoms with Crippen molar-refractivity contribution in [3.8, 4) is 11.6 Å². The molecule has 5 rings (SSSR count). The van der Waals surface area contributed by atoms with E-state index in [1.54, 1.807) is 11.8 Å². The first-order chi connectivity index (χ1) is 17.4. The third kappa shape index (κ3) is 4.96. The Morgan fingerprint density at radius 1 is 1.14 bits per heavy atom. The molecule has 3 aromatic rings. The summed E-state index contributed by atoms with van der Waals surface area (Å²) in [5.41, 5.74) is 5.35. The number of ether oxygens (including phenoxy) is 2. The molecular weight excluding hydrogens is 454 g/mol. The number of urea groups is 1. The lowest BCUT2D eigenvalue weighted by Crippen LogP contribution is -2.63. The molecule has 2 aromatic carbocycles. The Morgan fingerprint density at radius 3 is 2.58 bits per heavy atom. The number of hydrogen-bond donors (Lipinski definition) is 2. The number of benzene rings is 2. The second-order valence-electron chi connectivity index (χ2n) is 10.3. The Hall–Kier alpha value is -3.36. The average Bonchev–Trinajstić information content (AvgIpc) is 3.12. The van der Waals surface area contributed by atoms with Gasteiger partial charge in [0.05, 0.1) is 17.9 Å². The van der Waals surface area contributed by atoms with Crippen LogP contribution in [0.1, 0.15) is 35.1 Å². The summed E-state index contributed by atoms with van der Waals surface area (Å²) >= 11 is 0. The minimum absolute atomic E-state index is 0.167. The third-order valence-corrected chi connectivity index (χ3v) is 7.29. The highest BCUT2D eigenvalue weighted by atomic mass is 16.5. The molecule has 0 bridgehead atoms. The number of aromatic nitrogens is 2. The predicted octanol–water partition coefficient (Wildman–Crippen LogP) is 4.43. The lowest BCUT2D eigenvalue weighted by Gasteiger charge is -2.57. The van der Waals surface area contributed by atoms with E-state index in [0.717, 1.165) is 53.9 Å². The minimum Gasteiger partial charge on any atom is -0.473 e. The summed E-state index contributed by atoms with van der Waals surface area (Å²) in [6.07, 6.45) is 2.28. The van der Waals surface area contributed by atoms with Crippen molar-refractivity contribution in [3.63, 3.8) is 0 Å². The summed E-state index contributed by atoms with van der Waals surface area (Å²) in [7, 11) is 3.84. The van der Waals surface area contributed by atoms with Crippen molar-refractivity contribution < 1.29 is 14.3 Å². The number of methoxy groups -OCH3 is 1. The van der Waals surface area contributed by atoms with E-state index in [-0.39, 0.29) is 12.1 Å². The van der Waals surface area contributed by atoms with Gasteiger partial charge >= 0.3 is 6.03 Å². The van der Waals surface area contributed by atoms with Crippen molar-refractivity contribution in [2.75, 3.05) is 32.6 Å². The average molecular weight is 490 g/mol. The maximum atomic E-state index is 13.0. The van der Waals surface area contributed by atoms with Gasteiger partial charge in [-0.15, -0.1) is 5.10 Å². The molecule has 1 saturated heterocycles. The van der Waals surface area contributed by atoms with Crippen LogP contribution in [0.25, 0.3) is 5.69 Å². The molecule has 36 heavy (non-hydrogen) atoms. The second-order valence-corrected chi connectivity index (χ2v) is 10.3. The normalized spacial score (nSPS) is 16.9. The van der Waals surface area contributed by atoms with Crippen LogP contribution >= 0.6 is 0 Å². The molecule has 1 saturated carbocycles. The van der Waals surface area contributed by atoms with Crippen molar-refractivity contribution in [1.29, 1.82) is 0 Å². The number of nitrogens with zero attached hydrogens (tertiary/aromatic N) is 3. The number of anilines is 1. The molecular formula is C28H35N5O3. The van der Waals surface area contributed by atoms with Crippen LogP contribution in [0.4, 0.5) is 10.6 Å². The number of aryl methyl sites for hydroxylation is 1. The van der Waals surface area contributed by atoms with Gasteiger partial charge in [-0.05, 0) is 62.6 Å². The molecule has 2 N–H and O–H groups in total. The first-order valence-electron chi connectivity index (χ1n) is 12.5. The molecule has 2 amide bonds. The van der Waals surface area contributed by atoms with E-state index in [1.165, 1.54) is 0 Å². The number of carbonyl (C=O) groups excluding carboxylic acids is 1. The first kappa shape index (κ1) is 24.3. The smallest absolute Gasteiger partial charge is 0.320 e. The van der Waals surface area contributed by atoms with Gasteiger partial charge in [0.1, 0.15) is 11.9 Å². The van der Waals surface area contributed by atoms with Gasteiger partial charge in [-0.2, -0.15) is 0 Å². The number of carbonyl (C=O) groups is 1. The lowest BCUT2D eigenvalue weighted by molar-refractivity contribution is -0.110. The highest BCUT2D eigenvalue weighted by Gasteiger charge is 2.52. The van der Waals surface area contributed by atoms with Crippen molar-refractivity contribution >= 4 is 11.8 Å². The van der Waals surface area contributed by atoms with Gasteiger partial charge in [-0.25, -0.2) is 9.48 Å². The summed E-state index contributed by atoms with van der Waals surface area (Å²) in [4.78, 5) is 15.3. The number of para-hydroxylation sites is 1. The quantitative estimate of drug-likeness (QED) is 0.489. The zero-order chi connectivity index (χ0) is 25.3. The topological polar surface area (TPSA) is 80.7 Å². The maximum absolute atomic E-state index is 13.0. The van der Waals surface area contributed by atoms with Gasteiger partial charge in [0.25, 0.3) is 0 Å². The number of hydrogen-bond acceptors (Lipinski definition) is 5. The van der Waals surface area contributed by atoms with Gasteiger partial charge in [0.15, 0.2) is 0 Å². The summed E-state index contributed by atoms with van der Waals surface area (Å²) in [6, 6.07) is 15.7. The summed E-state index contributed by atoms with van der Waals surface area (Å²) < 4.78 is 13.3. The monoisotopic (exact) mass is 489 g/mol. The molecule has 2 heterocycles. The molecule has 0 atom stereocenters. The van der Waals surface area contributed by atoms with E-state index in [1.807, 2.05) is 56.3 Å². The fraction of sp³-hybridized carbons (Fsp3) is 0.429. The van der Waals surface area contributed by atoms with E-state index < -0.39 is 0 Å². The number of rotatable bonds is 8. The van der Waals surface area contributed by atoms with E-state index in [9.17, 15) is 4.79 Å². The highest BCUT2D eigenvalue weighted by molar-refractivity contribution is 5.89. The molecule has 1 spiro atoms. The summed E-state index contributed by atoms with van der Waals surface area (Å²) in [5, 5.41) is 10.8. The molecule has 0 radical (unpaired) electrons. The Bertz CT molecular complexity index is 1230. The van der Waals surface area contributed by atoms with E-state index >= 15 is 0 Å². The van der Waals surface area contributed by atoms with Gasteiger partial charge in [-0.3, -0.25) is 5.32 Å². The molecule has 1 aliphatic carbocycles. The van der Waals surface area contributed by atoms with Crippen molar-refractivity contribution in [1.82, 2.24) is 20.0 Å². The summed E-state index contributed by atoms with van der Waals surface area (Å²) in [6.45, 7) is 7.22. The zero-order valence-electron chi connectivity index (χ0n) is 21.5. The fourth-order valence-electron chi connectivity index (χ4n) is 5.49. The largest absolute Gasteiger partial charge is 0.473 e. The molecule has 1 aromatic heterocycles. The van der Waals surface area contributed by atoms with E-state index in [4.69, 9.17) is 14.6 Å². The maximum Gasteiger partial charge on any atom is 0.320 e. The van der Waals surface area contributed by atoms with Crippen LogP contribution < -0.4 is 15.4 Å². The molecule has 8 heteroatoms. The molecule has 2 aliphatic rings. The molecule has 2 fully saturated rings. The third-order valence-electron chi connectivity index (χ3n) is 7.29. The van der Waals surface area contributed by atoms with Crippen LogP contribution in [0.15, 0.2) is 48.5 Å². The van der Waals surface area contributed by atoms with Crippen LogP contribution in [-0.4, -0.2) is 54.1 Å². The number of nitrogens with one attached hydrogen (secondary N) is 2. The molecule has 190 valence electrons. The summed E-state index contributed by atoms with van der Waals surface area (Å²) in [5.74, 6) is 1.18. The van der Waals surface area contributed by atoms with E-state index in [0.29, 0.717) is 30.3 Å². The van der Waals surface area contributed by atoms with Crippen molar-refractivity contribution in [3.05, 3.63) is 70.8 Å². The van der Waals surface area contributed by atoms with Gasteiger partial charge in [0, 0.05) is 32.2 Å². The molecule has 1 aliphatic heterocycles. The lowest BCUT2D eigenvalue weighted by atomic mass is 9.62. The van der Waals surface area contributed by atoms with Crippen molar-refractivity contribution in [2.24, 2.45) is 5.41 Å². The zero-order valence-corrected chi connectivity index (χ0v) is 21.5. The van der Waals surface area contributed by atoms with Crippen LogP contribution in [0.3, 0.4) is 0 Å². The van der Waals surface area contributed by atoms with Gasteiger partial charge < -0.3 is 19.7 Å². The Labute approximate surface area is 212 Å². The molecule has 0 unspecified atom stereocenters. The van der Waals surface area contributed by atoms with Crippen LogP contribution in [-0.2, 0) is 17.9 Å². The Morgan fingerprint density at radius 2 is 1.89 bits per heavy atom. The Kier molecular flexibility index (Phi) is 6.73. The SMILES string of the molecule is COCc1ccc(C)c(CNC(=O)Nc2c(C)c(OC3CC4(C3)CN(C)C4)nn2-c2ccccc2)c1. The second kappa shape index (κ2) is 9.95. The van der Waals surface area contributed by atoms with Crippen LogP contribution in [0.5, 0.6) is 5.88 Å². The minimum atomic E-state index is -0.293. The fourth-order valence-corrected chi connectivity index (χ4v) is 5.49. The van der Waals surface area contributed by atoms with Gasteiger partial charge in [-0.1, -0.05) is 36.4 Å². The van der Waals surface area contributed by atoms with Crippen molar-refractivity contribution in [2.45, 2.75) is 45.9 Å². The Balaban J connectivity index is 1.30. The first-order valence-corrected chi connectivity index (χ1v) is 12.5.